The molecule has 0 fully saturated rings. The predicted octanol–water partition coefficient (Wildman–Crippen LogP) is 4.43. The van der Waals surface area contributed by atoms with Crippen LogP contribution in [-0.4, -0.2) is 36.9 Å². The van der Waals surface area contributed by atoms with Gasteiger partial charge in [0.25, 0.3) is 5.91 Å². The van der Waals surface area contributed by atoms with Crippen LogP contribution in [0.25, 0.3) is 0 Å². The number of rotatable bonds is 9. The molecule has 0 unspecified atom stereocenters. The van der Waals surface area contributed by atoms with Crippen LogP contribution in [0.4, 0.5) is 11.4 Å². The first-order valence-corrected chi connectivity index (χ1v) is 11.0. The summed E-state index contributed by atoms with van der Waals surface area (Å²) < 4.78 is 16.0. The first kappa shape index (κ1) is 23.2. The van der Waals surface area contributed by atoms with E-state index in [9.17, 15) is 9.59 Å². The van der Waals surface area contributed by atoms with Crippen LogP contribution in [0, 0.1) is 13.8 Å². The van der Waals surface area contributed by atoms with Gasteiger partial charge in [-0.1, -0.05) is 23.4 Å². The van der Waals surface area contributed by atoms with Crippen LogP contribution < -0.4 is 20.1 Å². The van der Waals surface area contributed by atoms with Crippen LogP contribution in [0.15, 0.2) is 47.0 Å². The van der Waals surface area contributed by atoms with Gasteiger partial charge in [-0.05, 0) is 26.0 Å². The molecule has 0 saturated carbocycles. The first-order valence-electron chi connectivity index (χ1n) is 9.84. The van der Waals surface area contributed by atoms with Crippen LogP contribution in [0.3, 0.4) is 0 Å². The fourth-order valence-corrected chi connectivity index (χ4v) is 3.99. The summed E-state index contributed by atoms with van der Waals surface area (Å²) in [6, 6.07) is 12.1. The van der Waals surface area contributed by atoms with Crippen molar-refractivity contribution in [2.24, 2.45) is 0 Å². The highest BCUT2D eigenvalue weighted by Crippen LogP contribution is 2.36. The highest BCUT2D eigenvalue weighted by Gasteiger charge is 2.17. The Morgan fingerprint density at radius 2 is 1.62 bits per heavy atom. The van der Waals surface area contributed by atoms with Gasteiger partial charge < -0.3 is 24.6 Å². The van der Waals surface area contributed by atoms with Gasteiger partial charge in [0.2, 0.25) is 5.91 Å². The fourth-order valence-electron chi connectivity index (χ4n) is 3.02. The molecular weight excluding hydrogens is 430 g/mol. The number of carbonyl (C=O) groups excluding carboxylic acids is 2. The number of thioether (sulfide) groups is 1. The minimum atomic E-state index is -0.279. The Bertz CT molecular complexity index is 1080. The number of nitrogens with one attached hydrogen (secondary N) is 2. The number of benzene rings is 2. The molecule has 0 aliphatic rings. The van der Waals surface area contributed by atoms with Gasteiger partial charge in [0, 0.05) is 29.0 Å². The number of carbonyl (C=O) groups is 2. The molecular formula is C23H25N3O5S. The van der Waals surface area contributed by atoms with E-state index in [-0.39, 0.29) is 17.6 Å². The zero-order chi connectivity index (χ0) is 23.1. The van der Waals surface area contributed by atoms with Crippen molar-refractivity contribution in [3.05, 3.63) is 65.0 Å². The average molecular weight is 456 g/mol. The van der Waals surface area contributed by atoms with Gasteiger partial charge >= 0.3 is 0 Å². The maximum atomic E-state index is 12.5. The number of anilines is 2. The molecule has 3 aromatic rings. The zero-order valence-corrected chi connectivity index (χ0v) is 19.2. The first-order chi connectivity index (χ1) is 15.4. The second-order valence-corrected chi connectivity index (χ2v) is 7.90. The lowest BCUT2D eigenvalue weighted by Gasteiger charge is -2.16. The van der Waals surface area contributed by atoms with Gasteiger partial charge in [0.15, 0.2) is 0 Å². The number of methoxy groups -OCH3 is 2. The molecule has 0 aliphatic carbocycles. The molecule has 2 N–H and O–H groups in total. The van der Waals surface area contributed by atoms with Crippen LogP contribution in [-0.2, 0) is 10.5 Å². The third kappa shape index (κ3) is 5.61. The Morgan fingerprint density at radius 3 is 2.19 bits per heavy atom. The number of hydrogen-bond acceptors (Lipinski definition) is 7. The van der Waals surface area contributed by atoms with Crippen molar-refractivity contribution in [2.75, 3.05) is 30.6 Å². The summed E-state index contributed by atoms with van der Waals surface area (Å²) >= 11 is 1.46. The summed E-state index contributed by atoms with van der Waals surface area (Å²) in [4.78, 5) is 25.0. The van der Waals surface area contributed by atoms with E-state index < -0.39 is 0 Å². The Morgan fingerprint density at radius 1 is 1.00 bits per heavy atom. The lowest BCUT2D eigenvalue weighted by Crippen LogP contribution is -2.16. The number of amides is 2. The van der Waals surface area contributed by atoms with E-state index in [2.05, 4.69) is 15.8 Å². The lowest BCUT2D eigenvalue weighted by atomic mass is 10.2. The number of ether oxygens (including phenoxy) is 2. The van der Waals surface area contributed by atoms with Crippen LogP contribution in [0.2, 0.25) is 0 Å². The number of hydrogen-bond donors (Lipinski definition) is 2. The summed E-state index contributed by atoms with van der Waals surface area (Å²) in [7, 11) is 2.98. The second-order valence-electron chi connectivity index (χ2n) is 6.92. The van der Waals surface area contributed by atoms with Crippen molar-refractivity contribution < 1.29 is 23.6 Å². The van der Waals surface area contributed by atoms with Gasteiger partial charge in [-0.25, -0.2) is 0 Å². The third-order valence-electron chi connectivity index (χ3n) is 4.74. The van der Waals surface area contributed by atoms with Crippen molar-refractivity contribution in [1.29, 1.82) is 0 Å². The van der Waals surface area contributed by atoms with E-state index in [0.29, 0.717) is 34.2 Å². The Labute approximate surface area is 190 Å². The van der Waals surface area contributed by atoms with Crippen molar-refractivity contribution in [3.63, 3.8) is 0 Å². The summed E-state index contributed by atoms with van der Waals surface area (Å²) in [5.41, 5.74) is 3.23. The molecule has 0 spiro atoms. The van der Waals surface area contributed by atoms with Gasteiger partial charge in [-0.3, -0.25) is 9.59 Å². The molecule has 0 aliphatic heterocycles. The highest BCUT2D eigenvalue weighted by atomic mass is 32.2. The summed E-state index contributed by atoms with van der Waals surface area (Å²) in [6.07, 6.45) is 0. The molecule has 9 heteroatoms. The number of aromatic nitrogens is 1. The monoisotopic (exact) mass is 455 g/mol. The summed E-state index contributed by atoms with van der Waals surface area (Å²) in [5, 5.41) is 9.58. The van der Waals surface area contributed by atoms with Crippen LogP contribution in [0.5, 0.6) is 11.5 Å². The van der Waals surface area contributed by atoms with Gasteiger partial charge in [0.1, 0.15) is 17.3 Å². The van der Waals surface area contributed by atoms with Crippen molar-refractivity contribution >= 4 is 35.0 Å². The predicted molar refractivity (Wildman–Crippen MR) is 125 cm³/mol. The summed E-state index contributed by atoms with van der Waals surface area (Å²) in [6.45, 7) is 3.73. The normalized spacial score (nSPS) is 10.5. The second kappa shape index (κ2) is 10.7. The van der Waals surface area contributed by atoms with E-state index in [4.69, 9.17) is 14.0 Å². The van der Waals surface area contributed by atoms with Crippen LogP contribution >= 0.6 is 11.8 Å². The molecule has 2 aromatic carbocycles. The molecule has 2 amide bonds. The topological polar surface area (TPSA) is 103 Å². The Kier molecular flexibility index (Phi) is 7.77. The Balaban J connectivity index is 1.68. The standard InChI is InChI=1S/C23H25N3O5S/c1-14-17(15(2)31-26-14)12-32-13-22(27)24-18-10-21(30-4)19(11-20(18)29-3)25-23(28)16-8-6-5-7-9-16/h5-11H,12-13H2,1-4H3,(H,24,27)(H,25,28). The minimum Gasteiger partial charge on any atom is -0.494 e. The molecule has 1 aromatic heterocycles. The zero-order valence-electron chi connectivity index (χ0n) is 18.4. The Hall–Kier alpha value is -3.46. The average Bonchev–Trinajstić information content (AvgIpc) is 3.12. The molecule has 1 heterocycles. The van der Waals surface area contributed by atoms with E-state index in [1.54, 1.807) is 36.4 Å². The minimum absolute atomic E-state index is 0.191. The molecule has 32 heavy (non-hydrogen) atoms. The van der Waals surface area contributed by atoms with E-state index in [1.807, 2.05) is 19.9 Å². The number of aryl methyl sites for hydroxylation is 2. The molecule has 0 radical (unpaired) electrons. The summed E-state index contributed by atoms with van der Waals surface area (Å²) in [5.74, 6) is 1.95. The maximum absolute atomic E-state index is 12.5. The maximum Gasteiger partial charge on any atom is 0.255 e. The molecule has 168 valence electrons. The SMILES string of the molecule is COc1cc(NC(=O)c2ccccc2)c(OC)cc1NC(=O)CSCc1c(C)noc1C. The van der Waals surface area contributed by atoms with E-state index in [1.165, 1.54) is 26.0 Å². The van der Waals surface area contributed by atoms with Crippen molar-refractivity contribution in [1.82, 2.24) is 5.16 Å². The van der Waals surface area contributed by atoms with E-state index >= 15 is 0 Å². The molecule has 3 rings (SSSR count). The molecule has 8 nitrogen and oxygen atoms in total. The van der Waals surface area contributed by atoms with E-state index in [0.717, 1.165) is 17.0 Å². The molecule has 0 saturated heterocycles. The van der Waals surface area contributed by atoms with Gasteiger partial charge in [-0.2, -0.15) is 0 Å². The largest absolute Gasteiger partial charge is 0.494 e. The van der Waals surface area contributed by atoms with Crippen molar-refractivity contribution in [2.45, 2.75) is 19.6 Å². The molecule has 0 atom stereocenters. The van der Waals surface area contributed by atoms with Crippen molar-refractivity contribution in [3.8, 4) is 11.5 Å². The fraction of sp³-hybridized carbons (Fsp3) is 0.261. The third-order valence-corrected chi connectivity index (χ3v) is 5.70. The van der Waals surface area contributed by atoms with Crippen LogP contribution in [0.1, 0.15) is 27.4 Å². The van der Waals surface area contributed by atoms with Gasteiger partial charge in [-0.15, -0.1) is 11.8 Å². The van der Waals surface area contributed by atoms with Gasteiger partial charge in [0.05, 0.1) is 37.0 Å². The lowest BCUT2D eigenvalue weighted by molar-refractivity contribution is -0.113. The number of nitrogens with zero attached hydrogens (tertiary/aromatic N) is 1. The highest BCUT2D eigenvalue weighted by molar-refractivity contribution is 7.99. The quantitative estimate of drug-likeness (QED) is 0.492. The smallest absolute Gasteiger partial charge is 0.255 e. The molecule has 0 bridgehead atoms.